The van der Waals surface area contributed by atoms with Gasteiger partial charge in [-0.15, -0.1) is 11.8 Å². The molecule has 2 aromatic rings. The molecule has 1 amide bonds. The minimum absolute atomic E-state index is 0.129. The van der Waals surface area contributed by atoms with Crippen LogP contribution in [0, 0.1) is 0 Å². The lowest BCUT2D eigenvalue weighted by atomic mass is 10.2. The second-order valence-corrected chi connectivity index (χ2v) is 11.3. The highest BCUT2D eigenvalue weighted by molar-refractivity contribution is 8.00. The monoisotopic (exact) mass is 462 g/mol. The van der Waals surface area contributed by atoms with Gasteiger partial charge in [0.25, 0.3) is 5.91 Å². The maximum atomic E-state index is 12.7. The molecule has 168 valence electrons. The molecule has 1 saturated heterocycles. The largest absolute Gasteiger partial charge is 0.492 e. The van der Waals surface area contributed by atoms with Crippen LogP contribution in [0.5, 0.6) is 5.75 Å². The number of sulfonamides is 1. The molecule has 0 unspecified atom stereocenters. The highest BCUT2D eigenvalue weighted by Crippen LogP contribution is 2.26. The molecule has 0 aromatic heterocycles. The van der Waals surface area contributed by atoms with Gasteiger partial charge in [0.2, 0.25) is 10.0 Å². The maximum absolute atomic E-state index is 12.7. The summed E-state index contributed by atoms with van der Waals surface area (Å²) in [4.78, 5) is 13.8. The molecule has 0 bridgehead atoms. The summed E-state index contributed by atoms with van der Waals surface area (Å²) in [5.41, 5.74) is 0.661. The third-order valence-corrected chi connectivity index (χ3v) is 7.92. The number of benzene rings is 2. The molecule has 1 fully saturated rings. The molecule has 1 heterocycles. The van der Waals surface area contributed by atoms with E-state index in [1.807, 2.05) is 24.3 Å². The molecule has 3 rings (SSSR count). The number of thioether (sulfide) groups is 1. The summed E-state index contributed by atoms with van der Waals surface area (Å²) in [6.07, 6.45) is 2.90. The molecule has 1 N–H and O–H groups in total. The van der Waals surface area contributed by atoms with Gasteiger partial charge in [0.1, 0.15) is 12.4 Å². The number of ether oxygens (including phenoxy) is 1. The molecule has 2 aromatic carbocycles. The summed E-state index contributed by atoms with van der Waals surface area (Å²) in [7, 11) is -3.44. The number of carbonyl (C=O) groups is 1. The SMILES string of the molecule is CC(C)Sc1ccccc1C(=O)NCCOc1ccc(S(=O)(=O)N2CCCCC2)cc1. The zero-order valence-corrected chi connectivity index (χ0v) is 19.7. The van der Waals surface area contributed by atoms with Gasteiger partial charge in [-0.3, -0.25) is 4.79 Å². The van der Waals surface area contributed by atoms with Crippen molar-refractivity contribution in [3.63, 3.8) is 0 Å². The van der Waals surface area contributed by atoms with Crippen LogP contribution < -0.4 is 10.1 Å². The molecule has 1 aliphatic heterocycles. The van der Waals surface area contributed by atoms with Crippen molar-refractivity contribution in [3.8, 4) is 5.75 Å². The lowest BCUT2D eigenvalue weighted by molar-refractivity contribution is 0.0944. The minimum Gasteiger partial charge on any atom is -0.492 e. The van der Waals surface area contributed by atoms with Crippen molar-refractivity contribution in [3.05, 3.63) is 54.1 Å². The number of nitrogens with one attached hydrogen (secondary N) is 1. The van der Waals surface area contributed by atoms with Gasteiger partial charge in [0, 0.05) is 23.2 Å². The summed E-state index contributed by atoms with van der Waals surface area (Å²) in [5.74, 6) is 0.443. The summed E-state index contributed by atoms with van der Waals surface area (Å²) in [6, 6.07) is 14.0. The van der Waals surface area contributed by atoms with Gasteiger partial charge in [-0.05, 0) is 49.2 Å². The van der Waals surface area contributed by atoms with Gasteiger partial charge in [-0.2, -0.15) is 4.31 Å². The van der Waals surface area contributed by atoms with Crippen LogP contribution in [-0.2, 0) is 10.0 Å². The summed E-state index contributed by atoms with van der Waals surface area (Å²) < 4.78 is 32.6. The van der Waals surface area contributed by atoms with Gasteiger partial charge < -0.3 is 10.1 Å². The Hall–Kier alpha value is -2.03. The Labute approximate surface area is 189 Å². The fraction of sp³-hybridized carbons (Fsp3) is 0.435. The molecule has 0 radical (unpaired) electrons. The quantitative estimate of drug-likeness (QED) is 0.447. The van der Waals surface area contributed by atoms with E-state index in [-0.39, 0.29) is 10.8 Å². The Morgan fingerprint density at radius 2 is 1.74 bits per heavy atom. The van der Waals surface area contributed by atoms with E-state index in [0.29, 0.717) is 42.8 Å². The van der Waals surface area contributed by atoms with Crippen molar-refractivity contribution in [2.24, 2.45) is 0 Å². The molecule has 0 spiro atoms. The van der Waals surface area contributed by atoms with Crippen LogP contribution >= 0.6 is 11.8 Å². The van der Waals surface area contributed by atoms with E-state index in [4.69, 9.17) is 4.74 Å². The Morgan fingerprint density at radius 3 is 2.42 bits per heavy atom. The number of nitrogens with zero attached hydrogens (tertiary/aromatic N) is 1. The van der Waals surface area contributed by atoms with E-state index in [2.05, 4.69) is 19.2 Å². The summed E-state index contributed by atoms with van der Waals surface area (Å²) >= 11 is 1.66. The lowest BCUT2D eigenvalue weighted by Crippen LogP contribution is -2.35. The third kappa shape index (κ3) is 6.48. The fourth-order valence-corrected chi connectivity index (χ4v) is 5.87. The molecular weight excluding hydrogens is 432 g/mol. The van der Waals surface area contributed by atoms with Crippen molar-refractivity contribution >= 4 is 27.7 Å². The second kappa shape index (κ2) is 11.0. The van der Waals surface area contributed by atoms with Crippen LogP contribution in [0.15, 0.2) is 58.3 Å². The van der Waals surface area contributed by atoms with Crippen LogP contribution in [0.3, 0.4) is 0 Å². The van der Waals surface area contributed by atoms with Crippen LogP contribution in [0.1, 0.15) is 43.5 Å². The van der Waals surface area contributed by atoms with Crippen LogP contribution in [0.4, 0.5) is 0 Å². The van der Waals surface area contributed by atoms with Crippen LogP contribution in [0.2, 0.25) is 0 Å². The normalized spacial score (nSPS) is 15.1. The summed E-state index contributed by atoms with van der Waals surface area (Å²) in [6.45, 7) is 6.00. The van der Waals surface area contributed by atoms with E-state index in [1.165, 1.54) is 0 Å². The van der Waals surface area contributed by atoms with Gasteiger partial charge in [-0.25, -0.2) is 8.42 Å². The number of piperidine rings is 1. The van der Waals surface area contributed by atoms with Gasteiger partial charge in [0.15, 0.2) is 0 Å². The number of rotatable bonds is 9. The Kier molecular flexibility index (Phi) is 8.40. The van der Waals surface area contributed by atoms with E-state index < -0.39 is 10.0 Å². The van der Waals surface area contributed by atoms with Gasteiger partial charge in [-0.1, -0.05) is 32.4 Å². The molecule has 8 heteroatoms. The molecule has 0 atom stereocenters. The lowest BCUT2D eigenvalue weighted by Gasteiger charge is -2.25. The Bertz CT molecular complexity index is 969. The molecular formula is C23H30N2O4S2. The number of hydrogen-bond donors (Lipinski definition) is 1. The first-order chi connectivity index (χ1) is 14.9. The van der Waals surface area contributed by atoms with Crippen molar-refractivity contribution in [1.29, 1.82) is 0 Å². The number of carbonyl (C=O) groups excluding carboxylic acids is 1. The average Bonchev–Trinajstić information content (AvgIpc) is 2.77. The fourth-order valence-electron chi connectivity index (χ4n) is 3.40. The highest BCUT2D eigenvalue weighted by Gasteiger charge is 2.25. The molecule has 1 aliphatic rings. The number of hydrogen-bond acceptors (Lipinski definition) is 5. The number of amides is 1. The maximum Gasteiger partial charge on any atom is 0.252 e. The zero-order valence-electron chi connectivity index (χ0n) is 18.0. The van der Waals surface area contributed by atoms with E-state index in [0.717, 1.165) is 24.2 Å². The highest BCUT2D eigenvalue weighted by atomic mass is 32.2. The first-order valence-electron chi connectivity index (χ1n) is 10.6. The second-order valence-electron chi connectivity index (χ2n) is 7.70. The topological polar surface area (TPSA) is 75.7 Å². The van der Waals surface area contributed by atoms with E-state index in [1.54, 1.807) is 40.3 Å². The van der Waals surface area contributed by atoms with Crippen molar-refractivity contribution in [1.82, 2.24) is 9.62 Å². The molecule has 31 heavy (non-hydrogen) atoms. The predicted octanol–water partition coefficient (Wildman–Crippen LogP) is 4.17. The first kappa shape index (κ1) is 23.6. The Morgan fingerprint density at radius 1 is 1.06 bits per heavy atom. The van der Waals surface area contributed by atoms with E-state index in [9.17, 15) is 13.2 Å². The standard InChI is InChI=1S/C23H30N2O4S2/c1-18(2)30-22-9-5-4-8-21(22)23(26)24-14-17-29-19-10-12-20(13-11-19)31(27,28)25-15-6-3-7-16-25/h4-5,8-13,18H,3,6-7,14-17H2,1-2H3,(H,24,26). The van der Waals surface area contributed by atoms with Crippen molar-refractivity contribution < 1.29 is 17.9 Å². The third-order valence-electron chi connectivity index (χ3n) is 4.93. The van der Waals surface area contributed by atoms with E-state index >= 15 is 0 Å². The molecule has 6 nitrogen and oxygen atoms in total. The summed E-state index contributed by atoms with van der Waals surface area (Å²) in [5, 5.41) is 3.27. The Balaban J connectivity index is 1.50. The zero-order chi connectivity index (χ0) is 22.3. The first-order valence-corrected chi connectivity index (χ1v) is 13.0. The van der Waals surface area contributed by atoms with Crippen LogP contribution in [0.25, 0.3) is 0 Å². The smallest absolute Gasteiger partial charge is 0.252 e. The predicted molar refractivity (Wildman–Crippen MR) is 124 cm³/mol. The minimum atomic E-state index is -3.44. The van der Waals surface area contributed by atoms with Gasteiger partial charge in [0.05, 0.1) is 17.0 Å². The van der Waals surface area contributed by atoms with Crippen molar-refractivity contribution in [2.45, 2.75) is 48.2 Å². The van der Waals surface area contributed by atoms with Crippen molar-refractivity contribution in [2.75, 3.05) is 26.2 Å². The average molecular weight is 463 g/mol. The van der Waals surface area contributed by atoms with Crippen LogP contribution in [-0.4, -0.2) is 50.1 Å². The molecule has 0 aliphatic carbocycles. The molecule has 0 saturated carbocycles. The van der Waals surface area contributed by atoms with Gasteiger partial charge >= 0.3 is 0 Å².